The Balaban J connectivity index is 2.42. The molecule has 0 aromatic heterocycles. The molecule has 4 nitrogen and oxygen atoms in total. The fraction of sp³-hybridized carbons (Fsp3) is 0.700. The van der Waals surface area contributed by atoms with E-state index in [0.29, 0.717) is 0 Å². The zero-order valence-electron chi connectivity index (χ0n) is 16.5. The van der Waals surface area contributed by atoms with Gasteiger partial charge in [-0.25, -0.2) is 19.6 Å². The maximum Gasteiger partial charge on any atom is 0.0952 e. The van der Waals surface area contributed by atoms with Gasteiger partial charge in [-0.2, -0.15) is 0 Å². The smallest absolute Gasteiger partial charge is 0.0952 e. The van der Waals surface area contributed by atoms with Crippen molar-refractivity contribution in [2.75, 3.05) is 0 Å². The van der Waals surface area contributed by atoms with E-state index in [-0.39, 0.29) is 23.4 Å². The minimum Gasteiger partial charge on any atom is -0.233 e. The molecule has 1 rings (SSSR count). The summed E-state index contributed by atoms with van der Waals surface area (Å²) in [5.41, 5.74) is 1.87. The maximum absolute atomic E-state index is 5.43. The van der Waals surface area contributed by atoms with E-state index in [1.54, 1.807) is 0 Å². The minimum atomic E-state index is -0.288. The van der Waals surface area contributed by atoms with Gasteiger partial charge in [-0.05, 0) is 66.5 Å². The molecule has 0 aliphatic rings. The molecule has 0 bridgehead atoms. The molecule has 4 heteroatoms. The van der Waals surface area contributed by atoms with Crippen LogP contribution < -0.4 is 0 Å². The molecule has 1 aromatic carbocycles. The van der Waals surface area contributed by atoms with Crippen molar-refractivity contribution in [2.45, 2.75) is 91.6 Å². The zero-order valence-corrected chi connectivity index (χ0v) is 16.5. The fourth-order valence-electron chi connectivity index (χ4n) is 2.00. The molecule has 2 unspecified atom stereocenters. The highest BCUT2D eigenvalue weighted by atomic mass is 17.2. The lowest BCUT2D eigenvalue weighted by atomic mass is 10.0. The summed E-state index contributed by atoms with van der Waals surface area (Å²) in [6.45, 7) is 15.9. The predicted molar refractivity (Wildman–Crippen MR) is 96.6 cm³/mol. The molecule has 0 saturated heterocycles. The highest BCUT2D eigenvalue weighted by Gasteiger charge is 2.16. The fourth-order valence-corrected chi connectivity index (χ4v) is 2.00. The van der Waals surface area contributed by atoms with E-state index in [0.717, 1.165) is 12.8 Å². The standard InChI is InChI=1S/C20H34O4/c1-15(21-23-19(3,4)5)13-17-9-11-18(12-10-17)14-16(2)22-24-20(6,7)8/h9-12,15-16H,13-14H2,1-8H3. The monoisotopic (exact) mass is 338 g/mol. The van der Waals surface area contributed by atoms with Crippen molar-refractivity contribution in [3.63, 3.8) is 0 Å². The summed E-state index contributed by atoms with van der Waals surface area (Å²) in [7, 11) is 0. The van der Waals surface area contributed by atoms with Crippen molar-refractivity contribution in [1.29, 1.82) is 0 Å². The summed E-state index contributed by atoms with van der Waals surface area (Å²) in [4.78, 5) is 21.6. The zero-order chi connectivity index (χ0) is 18.4. The Kier molecular flexibility index (Phi) is 7.87. The van der Waals surface area contributed by atoms with E-state index in [1.807, 2.05) is 55.4 Å². The Bertz CT molecular complexity index is 423. The van der Waals surface area contributed by atoms with Crippen LogP contribution in [0.15, 0.2) is 24.3 Å². The van der Waals surface area contributed by atoms with Gasteiger partial charge in [0.25, 0.3) is 0 Å². The number of hydrogen-bond acceptors (Lipinski definition) is 4. The quantitative estimate of drug-likeness (QED) is 0.491. The van der Waals surface area contributed by atoms with Gasteiger partial charge < -0.3 is 0 Å². The van der Waals surface area contributed by atoms with E-state index in [4.69, 9.17) is 19.6 Å². The molecule has 0 fully saturated rings. The first kappa shape index (κ1) is 21.1. The summed E-state index contributed by atoms with van der Waals surface area (Å²) in [5, 5.41) is 0. The van der Waals surface area contributed by atoms with Crippen LogP contribution in [0, 0.1) is 0 Å². The first-order valence-electron chi connectivity index (χ1n) is 8.71. The Morgan fingerprint density at radius 1 is 0.667 bits per heavy atom. The van der Waals surface area contributed by atoms with Crippen LogP contribution in [-0.2, 0) is 32.4 Å². The molecule has 0 radical (unpaired) electrons. The topological polar surface area (TPSA) is 36.9 Å². The van der Waals surface area contributed by atoms with Crippen molar-refractivity contribution in [3.05, 3.63) is 35.4 Å². The van der Waals surface area contributed by atoms with Gasteiger partial charge >= 0.3 is 0 Å². The van der Waals surface area contributed by atoms with Gasteiger partial charge in [0, 0.05) is 12.8 Å². The molecular weight excluding hydrogens is 304 g/mol. The van der Waals surface area contributed by atoms with Crippen molar-refractivity contribution >= 4 is 0 Å². The third-order valence-corrected chi connectivity index (χ3v) is 2.99. The lowest BCUT2D eigenvalue weighted by molar-refractivity contribution is -0.369. The van der Waals surface area contributed by atoms with Gasteiger partial charge in [0.1, 0.15) is 0 Å². The Morgan fingerprint density at radius 3 is 1.21 bits per heavy atom. The van der Waals surface area contributed by atoms with Gasteiger partial charge in [0.2, 0.25) is 0 Å². The first-order chi connectivity index (χ1) is 10.9. The van der Waals surface area contributed by atoms with Crippen molar-refractivity contribution in [3.8, 4) is 0 Å². The molecular formula is C20H34O4. The number of benzene rings is 1. The average Bonchev–Trinajstić information content (AvgIpc) is 2.44. The van der Waals surface area contributed by atoms with Crippen molar-refractivity contribution < 1.29 is 19.6 Å². The second kappa shape index (κ2) is 8.95. The Hall–Kier alpha value is -0.940. The lowest BCUT2D eigenvalue weighted by Gasteiger charge is -2.21. The van der Waals surface area contributed by atoms with E-state index >= 15 is 0 Å². The first-order valence-corrected chi connectivity index (χ1v) is 8.71. The van der Waals surface area contributed by atoms with Gasteiger partial charge in [0.05, 0.1) is 23.4 Å². The lowest BCUT2D eigenvalue weighted by Crippen LogP contribution is -2.24. The predicted octanol–water partition coefficient (Wildman–Crippen LogP) is 5.04. The molecule has 1 aromatic rings. The molecule has 24 heavy (non-hydrogen) atoms. The van der Waals surface area contributed by atoms with Crippen molar-refractivity contribution in [2.24, 2.45) is 0 Å². The van der Waals surface area contributed by atoms with Crippen LogP contribution in [0.1, 0.15) is 66.5 Å². The van der Waals surface area contributed by atoms with Crippen LogP contribution >= 0.6 is 0 Å². The second-order valence-corrected chi connectivity index (χ2v) is 8.43. The third kappa shape index (κ3) is 10.0. The Morgan fingerprint density at radius 2 is 0.958 bits per heavy atom. The highest BCUT2D eigenvalue weighted by Crippen LogP contribution is 2.15. The summed E-state index contributed by atoms with van der Waals surface area (Å²) < 4.78 is 0. The van der Waals surface area contributed by atoms with E-state index in [1.165, 1.54) is 11.1 Å². The van der Waals surface area contributed by atoms with E-state index in [9.17, 15) is 0 Å². The molecule has 138 valence electrons. The average molecular weight is 338 g/mol. The summed E-state index contributed by atoms with van der Waals surface area (Å²) in [6, 6.07) is 8.51. The van der Waals surface area contributed by atoms with Crippen LogP contribution in [0.25, 0.3) is 0 Å². The van der Waals surface area contributed by atoms with Gasteiger partial charge in [0.15, 0.2) is 0 Å². The molecule has 2 atom stereocenters. The summed E-state index contributed by atoms with van der Waals surface area (Å²) in [5.74, 6) is 0. The van der Waals surface area contributed by atoms with Crippen LogP contribution in [0.5, 0.6) is 0 Å². The van der Waals surface area contributed by atoms with Crippen LogP contribution in [-0.4, -0.2) is 23.4 Å². The molecule has 0 aliphatic carbocycles. The molecule has 0 N–H and O–H groups in total. The molecule has 0 spiro atoms. The molecule has 0 heterocycles. The largest absolute Gasteiger partial charge is 0.233 e. The van der Waals surface area contributed by atoms with Gasteiger partial charge in [-0.3, -0.25) is 0 Å². The van der Waals surface area contributed by atoms with Crippen LogP contribution in [0.2, 0.25) is 0 Å². The third-order valence-electron chi connectivity index (χ3n) is 2.99. The van der Waals surface area contributed by atoms with E-state index < -0.39 is 0 Å². The van der Waals surface area contributed by atoms with Gasteiger partial charge in [-0.1, -0.05) is 24.3 Å². The summed E-state index contributed by atoms with van der Waals surface area (Å²) in [6.07, 6.45) is 1.65. The van der Waals surface area contributed by atoms with Crippen molar-refractivity contribution in [1.82, 2.24) is 0 Å². The SMILES string of the molecule is CC(Cc1ccc(CC(C)OOC(C)(C)C)cc1)OOC(C)(C)C. The normalized spacial score (nSPS) is 15.3. The number of hydrogen-bond donors (Lipinski definition) is 0. The van der Waals surface area contributed by atoms with Gasteiger partial charge in [-0.15, -0.1) is 0 Å². The molecule has 0 amide bonds. The molecule has 0 aliphatic heterocycles. The maximum atomic E-state index is 5.43. The minimum absolute atomic E-state index is 0.0116. The number of rotatable bonds is 8. The second-order valence-electron chi connectivity index (χ2n) is 8.43. The highest BCUT2D eigenvalue weighted by molar-refractivity contribution is 5.23. The Labute approximate surface area is 147 Å². The van der Waals surface area contributed by atoms with Crippen LogP contribution in [0.4, 0.5) is 0 Å². The van der Waals surface area contributed by atoms with Crippen LogP contribution in [0.3, 0.4) is 0 Å². The van der Waals surface area contributed by atoms with E-state index in [2.05, 4.69) is 24.3 Å². The molecule has 0 saturated carbocycles. The summed E-state index contributed by atoms with van der Waals surface area (Å²) >= 11 is 0.